The number of benzene rings is 1. The first-order chi connectivity index (χ1) is 7.92. The van der Waals surface area contributed by atoms with E-state index in [0.717, 1.165) is 23.1 Å². The number of hydrogen-bond donors (Lipinski definition) is 1. The van der Waals surface area contributed by atoms with E-state index in [9.17, 15) is 0 Å². The summed E-state index contributed by atoms with van der Waals surface area (Å²) in [6.45, 7) is 7.91. The summed E-state index contributed by atoms with van der Waals surface area (Å²) in [7, 11) is 0. The first-order valence-corrected chi connectivity index (χ1v) is 6.79. The lowest BCUT2D eigenvalue weighted by atomic mass is 9.93. The van der Waals surface area contributed by atoms with E-state index in [1.807, 2.05) is 12.1 Å². The summed E-state index contributed by atoms with van der Waals surface area (Å²) in [6.07, 6.45) is 1.03. The summed E-state index contributed by atoms with van der Waals surface area (Å²) in [6, 6.07) is 8.13. The van der Waals surface area contributed by atoms with Crippen LogP contribution < -0.4 is 5.73 Å². The van der Waals surface area contributed by atoms with E-state index < -0.39 is 0 Å². The zero-order valence-electron chi connectivity index (χ0n) is 10.9. The van der Waals surface area contributed by atoms with Crippen LogP contribution >= 0.6 is 15.9 Å². The van der Waals surface area contributed by atoms with Crippen LogP contribution in [0.5, 0.6) is 0 Å². The van der Waals surface area contributed by atoms with Gasteiger partial charge in [-0.1, -0.05) is 48.8 Å². The summed E-state index contributed by atoms with van der Waals surface area (Å²) in [5.41, 5.74) is 7.20. The van der Waals surface area contributed by atoms with Gasteiger partial charge < -0.3 is 10.5 Å². The van der Waals surface area contributed by atoms with Crippen LogP contribution in [-0.2, 0) is 4.74 Å². The molecule has 0 saturated heterocycles. The highest BCUT2D eigenvalue weighted by Crippen LogP contribution is 2.23. The van der Waals surface area contributed by atoms with Gasteiger partial charge in [-0.05, 0) is 29.5 Å². The molecule has 0 aliphatic carbocycles. The molecule has 1 aromatic carbocycles. The first kappa shape index (κ1) is 14.7. The first-order valence-electron chi connectivity index (χ1n) is 5.99. The third kappa shape index (κ3) is 5.66. The minimum absolute atomic E-state index is 0.00477. The number of ether oxygens (including phenoxy) is 1. The van der Waals surface area contributed by atoms with Gasteiger partial charge in [0.2, 0.25) is 0 Å². The molecule has 0 amide bonds. The summed E-state index contributed by atoms with van der Waals surface area (Å²) in [5, 5.41) is 0. The van der Waals surface area contributed by atoms with Crippen LogP contribution in [0.25, 0.3) is 0 Å². The van der Waals surface area contributed by atoms with E-state index >= 15 is 0 Å². The minimum Gasteiger partial charge on any atom is -0.372 e. The fourth-order valence-corrected chi connectivity index (χ4v) is 1.93. The van der Waals surface area contributed by atoms with Crippen LogP contribution in [0.4, 0.5) is 0 Å². The molecule has 2 nitrogen and oxygen atoms in total. The molecule has 0 bridgehead atoms. The molecule has 0 spiro atoms. The smallest absolute Gasteiger partial charge is 0.0947 e. The molecule has 0 aliphatic heterocycles. The highest BCUT2D eigenvalue weighted by atomic mass is 79.9. The van der Waals surface area contributed by atoms with E-state index in [-0.39, 0.29) is 6.10 Å². The van der Waals surface area contributed by atoms with Crippen molar-refractivity contribution in [2.24, 2.45) is 11.1 Å². The standard InChI is InChI=1S/C14H22BrNO/c1-14(2,3)7-8-17-13(10-16)11-5-4-6-12(15)9-11/h4-6,9,13H,7-8,10,16H2,1-3H3. The molecule has 1 atom stereocenters. The topological polar surface area (TPSA) is 35.2 Å². The van der Waals surface area contributed by atoms with E-state index in [1.54, 1.807) is 0 Å². The van der Waals surface area contributed by atoms with Crippen LogP contribution in [0.1, 0.15) is 38.9 Å². The maximum absolute atomic E-state index is 5.86. The third-order valence-corrected chi connectivity index (χ3v) is 3.10. The lowest BCUT2D eigenvalue weighted by Gasteiger charge is -2.21. The van der Waals surface area contributed by atoms with Crippen molar-refractivity contribution in [1.82, 2.24) is 0 Å². The fraction of sp³-hybridized carbons (Fsp3) is 0.571. The Labute approximate surface area is 113 Å². The summed E-state index contributed by atoms with van der Waals surface area (Å²) >= 11 is 3.46. The van der Waals surface area contributed by atoms with Crippen molar-refractivity contribution >= 4 is 15.9 Å². The van der Waals surface area contributed by atoms with Crippen molar-refractivity contribution < 1.29 is 4.74 Å². The van der Waals surface area contributed by atoms with E-state index in [2.05, 4.69) is 48.8 Å². The second-order valence-electron chi connectivity index (χ2n) is 5.46. The van der Waals surface area contributed by atoms with Crippen molar-refractivity contribution in [1.29, 1.82) is 0 Å². The molecule has 0 heterocycles. The van der Waals surface area contributed by atoms with E-state index in [4.69, 9.17) is 10.5 Å². The normalized spacial score (nSPS) is 13.7. The van der Waals surface area contributed by atoms with Gasteiger partial charge in [-0.3, -0.25) is 0 Å². The fourth-order valence-electron chi connectivity index (χ4n) is 1.51. The Morgan fingerprint density at radius 3 is 2.59 bits per heavy atom. The molecule has 2 N–H and O–H groups in total. The van der Waals surface area contributed by atoms with Gasteiger partial charge in [0.1, 0.15) is 0 Å². The molecule has 1 rings (SSSR count). The molecule has 0 radical (unpaired) electrons. The predicted octanol–water partition coefficient (Wildman–Crippen LogP) is 3.90. The average molecular weight is 300 g/mol. The Balaban J connectivity index is 2.54. The molecule has 0 aliphatic rings. The summed E-state index contributed by atoms with van der Waals surface area (Å²) < 4.78 is 6.93. The van der Waals surface area contributed by atoms with Gasteiger partial charge in [-0.25, -0.2) is 0 Å². The largest absolute Gasteiger partial charge is 0.372 e. The average Bonchev–Trinajstić information content (AvgIpc) is 2.23. The molecular weight excluding hydrogens is 278 g/mol. The second kappa shape index (κ2) is 6.53. The van der Waals surface area contributed by atoms with Gasteiger partial charge in [0.15, 0.2) is 0 Å². The van der Waals surface area contributed by atoms with Gasteiger partial charge in [-0.15, -0.1) is 0 Å². The number of nitrogens with two attached hydrogens (primary N) is 1. The third-order valence-electron chi connectivity index (χ3n) is 2.61. The molecule has 0 saturated carbocycles. The zero-order chi connectivity index (χ0) is 12.9. The van der Waals surface area contributed by atoms with E-state index in [1.165, 1.54) is 0 Å². The van der Waals surface area contributed by atoms with Gasteiger partial charge in [0.05, 0.1) is 6.10 Å². The van der Waals surface area contributed by atoms with Crippen molar-refractivity contribution in [3.63, 3.8) is 0 Å². The quantitative estimate of drug-likeness (QED) is 0.895. The highest BCUT2D eigenvalue weighted by Gasteiger charge is 2.14. The van der Waals surface area contributed by atoms with Gasteiger partial charge in [0, 0.05) is 17.6 Å². The van der Waals surface area contributed by atoms with Crippen LogP contribution in [-0.4, -0.2) is 13.2 Å². The highest BCUT2D eigenvalue weighted by molar-refractivity contribution is 9.10. The van der Waals surface area contributed by atoms with Crippen molar-refractivity contribution in [3.8, 4) is 0 Å². The van der Waals surface area contributed by atoms with Gasteiger partial charge >= 0.3 is 0 Å². The lowest BCUT2D eigenvalue weighted by Crippen LogP contribution is -2.18. The Hall–Kier alpha value is -0.380. The Bertz CT molecular complexity index is 346. The number of rotatable bonds is 5. The van der Waals surface area contributed by atoms with Crippen LogP contribution in [0, 0.1) is 5.41 Å². The van der Waals surface area contributed by atoms with E-state index in [0.29, 0.717) is 12.0 Å². The van der Waals surface area contributed by atoms with Crippen LogP contribution in [0.2, 0.25) is 0 Å². The van der Waals surface area contributed by atoms with Gasteiger partial charge in [-0.2, -0.15) is 0 Å². The van der Waals surface area contributed by atoms with Crippen LogP contribution in [0.3, 0.4) is 0 Å². The second-order valence-corrected chi connectivity index (χ2v) is 6.38. The van der Waals surface area contributed by atoms with Gasteiger partial charge in [0.25, 0.3) is 0 Å². The maximum Gasteiger partial charge on any atom is 0.0947 e. The van der Waals surface area contributed by atoms with Crippen molar-refractivity contribution in [3.05, 3.63) is 34.3 Å². The van der Waals surface area contributed by atoms with Crippen molar-refractivity contribution in [2.75, 3.05) is 13.2 Å². The molecule has 0 aromatic heterocycles. The van der Waals surface area contributed by atoms with Crippen LogP contribution in [0.15, 0.2) is 28.7 Å². The SMILES string of the molecule is CC(C)(C)CCOC(CN)c1cccc(Br)c1. The molecule has 1 unspecified atom stereocenters. The molecule has 96 valence electrons. The molecule has 1 aromatic rings. The zero-order valence-corrected chi connectivity index (χ0v) is 12.5. The summed E-state index contributed by atoms with van der Waals surface area (Å²) in [4.78, 5) is 0. The lowest BCUT2D eigenvalue weighted by molar-refractivity contribution is 0.0422. The number of halogens is 1. The molecule has 3 heteroatoms. The maximum atomic E-state index is 5.86. The molecular formula is C14H22BrNO. The van der Waals surface area contributed by atoms with Crippen molar-refractivity contribution in [2.45, 2.75) is 33.3 Å². The minimum atomic E-state index is -0.00477. The Morgan fingerprint density at radius 1 is 1.35 bits per heavy atom. The molecule has 17 heavy (non-hydrogen) atoms. The summed E-state index contributed by atoms with van der Waals surface area (Å²) in [5.74, 6) is 0. The number of hydrogen-bond acceptors (Lipinski definition) is 2. The molecule has 0 fully saturated rings. The Morgan fingerprint density at radius 2 is 2.06 bits per heavy atom. The Kier molecular flexibility index (Phi) is 5.63. The monoisotopic (exact) mass is 299 g/mol. The predicted molar refractivity (Wildman–Crippen MR) is 76.0 cm³/mol.